The third-order valence-corrected chi connectivity index (χ3v) is 5.12. The highest BCUT2D eigenvalue weighted by Crippen LogP contribution is 2.49. The Balaban J connectivity index is 1.59. The molecule has 19 heavy (non-hydrogen) atoms. The van der Waals surface area contributed by atoms with Crippen LogP contribution >= 0.6 is 0 Å². The number of hydrogen-bond donors (Lipinski definition) is 1. The van der Waals surface area contributed by atoms with Crippen LogP contribution in [0.3, 0.4) is 0 Å². The van der Waals surface area contributed by atoms with E-state index in [2.05, 4.69) is 5.32 Å². The molecule has 1 nitrogen and oxygen atoms in total. The average molecular weight is 261 g/mol. The molecule has 0 saturated heterocycles. The molecule has 2 heteroatoms. The van der Waals surface area contributed by atoms with E-state index in [9.17, 15) is 4.39 Å². The van der Waals surface area contributed by atoms with E-state index in [0.29, 0.717) is 11.5 Å². The molecule has 2 fully saturated rings. The first-order valence-electron chi connectivity index (χ1n) is 7.69. The largest absolute Gasteiger partial charge is 0.382 e. The summed E-state index contributed by atoms with van der Waals surface area (Å²) in [6, 6.07) is 5.78. The van der Waals surface area contributed by atoms with Gasteiger partial charge in [-0.05, 0) is 74.6 Å². The Hall–Kier alpha value is -1.05. The van der Waals surface area contributed by atoms with Gasteiger partial charge >= 0.3 is 0 Å². The van der Waals surface area contributed by atoms with Crippen molar-refractivity contribution in [2.45, 2.75) is 64.3 Å². The van der Waals surface area contributed by atoms with Gasteiger partial charge in [-0.15, -0.1) is 0 Å². The molecule has 104 valence electrons. The van der Waals surface area contributed by atoms with Gasteiger partial charge in [0.25, 0.3) is 0 Å². The van der Waals surface area contributed by atoms with Crippen LogP contribution in [0.15, 0.2) is 18.2 Å². The van der Waals surface area contributed by atoms with Crippen molar-refractivity contribution < 1.29 is 4.39 Å². The van der Waals surface area contributed by atoms with Gasteiger partial charge in [0.05, 0.1) is 0 Å². The van der Waals surface area contributed by atoms with Crippen molar-refractivity contribution in [1.29, 1.82) is 0 Å². The Bertz CT molecular complexity index is 418. The second-order valence-electron chi connectivity index (χ2n) is 6.64. The average Bonchev–Trinajstić information content (AvgIpc) is 2.80. The Morgan fingerprint density at radius 3 is 2.37 bits per heavy atom. The maximum atomic E-state index is 13.4. The number of halogens is 1. The second-order valence-corrected chi connectivity index (χ2v) is 6.64. The standard InChI is InChI=1S/C17H24FN/c1-13-10-14(18)12-16(11-13)19-15-4-8-17(9-5-15)6-2-3-7-17/h10-12,15,19H,2-9H2,1H3. The number of aryl methyl sites for hydroxylation is 1. The molecule has 0 amide bonds. The number of hydrogen-bond acceptors (Lipinski definition) is 1. The smallest absolute Gasteiger partial charge is 0.125 e. The van der Waals surface area contributed by atoms with E-state index >= 15 is 0 Å². The first-order valence-corrected chi connectivity index (χ1v) is 7.69. The van der Waals surface area contributed by atoms with Crippen LogP contribution in [-0.4, -0.2) is 6.04 Å². The second kappa shape index (κ2) is 5.15. The minimum atomic E-state index is -0.134. The fraction of sp³-hybridized carbons (Fsp3) is 0.647. The lowest BCUT2D eigenvalue weighted by Gasteiger charge is -2.37. The van der Waals surface area contributed by atoms with E-state index in [-0.39, 0.29) is 5.82 Å². The summed E-state index contributed by atoms with van der Waals surface area (Å²) in [7, 11) is 0. The van der Waals surface area contributed by atoms with Crippen molar-refractivity contribution in [3.8, 4) is 0 Å². The van der Waals surface area contributed by atoms with Gasteiger partial charge in [-0.1, -0.05) is 12.8 Å². The Morgan fingerprint density at radius 2 is 1.74 bits per heavy atom. The zero-order valence-electron chi connectivity index (χ0n) is 11.8. The van der Waals surface area contributed by atoms with Gasteiger partial charge < -0.3 is 5.32 Å². The van der Waals surface area contributed by atoms with E-state index in [1.54, 1.807) is 12.1 Å². The molecule has 1 spiro atoms. The van der Waals surface area contributed by atoms with Gasteiger partial charge in [-0.25, -0.2) is 4.39 Å². The van der Waals surface area contributed by atoms with Gasteiger partial charge in [0.1, 0.15) is 5.82 Å². The fourth-order valence-electron chi connectivity index (χ4n) is 4.05. The van der Waals surface area contributed by atoms with Gasteiger partial charge in [-0.2, -0.15) is 0 Å². The van der Waals surface area contributed by atoms with Gasteiger partial charge in [0.2, 0.25) is 0 Å². The molecule has 1 aromatic carbocycles. The summed E-state index contributed by atoms with van der Waals surface area (Å²) in [6.07, 6.45) is 11.0. The molecule has 0 aromatic heterocycles. The molecule has 0 heterocycles. The number of benzene rings is 1. The molecule has 0 unspecified atom stereocenters. The van der Waals surface area contributed by atoms with Crippen LogP contribution in [-0.2, 0) is 0 Å². The van der Waals surface area contributed by atoms with E-state index in [4.69, 9.17) is 0 Å². The molecule has 3 rings (SSSR count). The van der Waals surface area contributed by atoms with Crippen LogP contribution in [0.4, 0.5) is 10.1 Å². The van der Waals surface area contributed by atoms with Gasteiger partial charge in [0, 0.05) is 11.7 Å². The van der Waals surface area contributed by atoms with E-state index in [0.717, 1.165) is 11.3 Å². The fourth-order valence-corrected chi connectivity index (χ4v) is 4.05. The molecule has 0 radical (unpaired) electrons. The summed E-state index contributed by atoms with van der Waals surface area (Å²) >= 11 is 0. The molecular formula is C17H24FN. The lowest BCUT2D eigenvalue weighted by molar-refractivity contribution is 0.188. The van der Waals surface area contributed by atoms with E-state index in [1.807, 2.05) is 13.0 Å². The molecule has 2 saturated carbocycles. The summed E-state index contributed by atoms with van der Waals surface area (Å²) in [5.74, 6) is -0.134. The minimum absolute atomic E-state index is 0.134. The van der Waals surface area contributed by atoms with Gasteiger partial charge in [-0.3, -0.25) is 0 Å². The summed E-state index contributed by atoms with van der Waals surface area (Å²) in [6.45, 7) is 1.95. The van der Waals surface area contributed by atoms with Crippen LogP contribution in [0.2, 0.25) is 0 Å². The SMILES string of the molecule is Cc1cc(F)cc(NC2CCC3(CCCC3)CC2)c1. The number of anilines is 1. The number of nitrogens with one attached hydrogen (secondary N) is 1. The topological polar surface area (TPSA) is 12.0 Å². The lowest BCUT2D eigenvalue weighted by Crippen LogP contribution is -2.31. The van der Waals surface area contributed by atoms with Crippen molar-refractivity contribution in [2.24, 2.45) is 5.41 Å². The predicted molar refractivity (Wildman–Crippen MR) is 77.9 cm³/mol. The first-order chi connectivity index (χ1) is 9.15. The van der Waals surface area contributed by atoms with Crippen molar-refractivity contribution in [3.63, 3.8) is 0 Å². The van der Waals surface area contributed by atoms with Crippen molar-refractivity contribution in [1.82, 2.24) is 0 Å². The number of rotatable bonds is 2. The van der Waals surface area contributed by atoms with Crippen LogP contribution in [0.1, 0.15) is 56.9 Å². The zero-order valence-corrected chi connectivity index (χ0v) is 11.8. The van der Waals surface area contributed by atoms with Crippen molar-refractivity contribution in [2.75, 3.05) is 5.32 Å². The molecular weight excluding hydrogens is 237 g/mol. The molecule has 0 atom stereocenters. The molecule has 1 N–H and O–H groups in total. The van der Waals surface area contributed by atoms with Crippen molar-refractivity contribution >= 4 is 5.69 Å². The minimum Gasteiger partial charge on any atom is -0.382 e. The van der Waals surface area contributed by atoms with E-state index < -0.39 is 0 Å². The summed E-state index contributed by atoms with van der Waals surface area (Å²) in [5, 5.41) is 3.53. The van der Waals surface area contributed by atoms with E-state index in [1.165, 1.54) is 51.4 Å². The first kappa shape index (κ1) is 13.0. The molecule has 1 aromatic rings. The zero-order chi connectivity index (χ0) is 13.3. The normalized spacial score (nSPS) is 22.8. The quantitative estimate of drug-likeness (QED) is 0.785. The monoisotopic (exact) mass is 261 g/mol. The summed E-state index contributed by atoms with van der Waals surface area (Å²) < 4.78 is 13.4. The highest BCUT2D eigenvalue weighted by atomic mass is 19.1. The Kier molecular flexibility index (Phi) is 3.51. The van der Waals surface area contributed by atoms with Crippen LogP contribution < -0.4 is 5.32 Å². The summed E-state index contributed by atoms with van der Waals surface area (Å²) in [5.41, 5.74) is 2.62. The van der Waals surface area contributed by atoms with Crippen LogP contribution in [0.25, 0.3) is 0 Å². The van der Waals surface area contributed by atoms with Crippen LogP contribution in [0.5, 0.6) is 0 Å². The highest BCUT2D eigenvalue weighted by Gasteiger charge is 2.37. The van der Waals surface area contributed by atoms with Gasteiger partial charge in [0.15, 0.2) is 0 Å². The molecule has 2 aliphatic rings. The molecule has 0 bridgehead atoms. The Labute approximate surface area is 115 Å². The third kappa shape index (κ3) is 2.93. The predicted octanol–water partition coefficient (Wildman–Crippen LogP) is 5.05. The lowest BCUT2D eigenvalue weighted by atomic mass is 9.71. The van der Waals surface area contributed by atoms with Crippen molar-refractivity contribution in [3.05, 3.63) is 29.6 Å². The maximum Gasteiger partial charge on any atom is 0.125 e. The molecule has 2 aliphatic carbocycles. The highest BCUT2D eigenvalue weighted by molar-refractivity contribution is 5.46. The maximum absolute atomic E-state index is 13.4. The summed E-state index contributed by atoms with van der Waals surface area (Å²) in [4.78, 5) is 0. The Morgan fingerprint density at radius 1 is 1.05 bits per heavy atom. The molecule has 0 aliphatic heterocycles. The van der Waals surface area contributed by atoms with Crippen LogP contribution in [0, 0.1) is 18.2 Å². The third-order valence-electron chi connectivity index (χ3n) is 5.12.